The summed E-state index contributed by atoms with van der Waals surface area (Å²) < 4.78 is 0. The Balaban J connectivity index is 2.32. The van der Waals surface area contributed by atoms with Gasteiger partial charge in [0.2, 0.25) is 0 Å². The molecule has 0 heterocycles. The number of carboxylic acid groups (broad SMARTS) is 1. The van der Waals surface area contributed by atoms with Crippen LogP contribution in [-0.2, 0) is 0 Å². The van der Waals surface area contributed by atoms with Crippen molar-refractivity contribution >= 4 is 23.3 Å². The first-order valence-electron chi connectivity index (χ1n) is 7.78. The third-order valence-electron chi connectivity index (χ3n) is 4.21. The molecular formula is C17H24ClNO2. The van der Waals surface area contributed by atoms with E-state index in [4.69, 9.17) is 11.6 Å². The Hall–Kier alpha value is -1.22. The predicted molar refractivity (Wildman–Crippen MR) is 87.5 cm³/mol. The van der Waals surface area contributed by atoms with Gasteiger partial charge in [-0.25, -0.2) is 4.79 Å². The van der Waals surface area contributed by atoms with Crippen LogP contribution < -0.4 is 4.90 Å². The third kappa shape index (κ3) is 4.13. The van der Waals surface area contributed by atoms with E-state index in [0.29, 0.717) is 22.5 Å². The summed E-state index contributed by atoms with van der Waals surface area (Å²) in [6.07, 6.45) is 5.84. The van der Waals surface area contributed by atoms with Gasteiger partial charge in [0.25, 0.3) is 0 Å². The van der Waals surface area contributed by atoms with Crippen LogP contribution in [0.15, 0.2) is 18.2 Å². The van der Waals surface area contributed by atoms with E-state index >= 15 is 0 Å². The Morgan fingerprint density at radius 1 is 1.38 bits per heavy atom. The summed E-state index contributed by atoms with van der Waals surface area (Å²) in [5, 5.41) is 9.95. The minimum atomic E-state index is -0.903. The Bertz CT molecular complexity index is 496. The average molecular weight is 310 g/mol. The Kier molecular flexibility index (Phi) is 5.51. The first-order chi connectivity index (χ1) is 9.99. The number of hydrogen-bond donors (Lipinski definition) is 1. The van der Waals surface area contributed by atoms with Crippen LogP contribution in [0.25, 0.3) is 0 Å². The lowest BCUT2D eigenvalue weighted by atomic mass is 10.1. The monoisotopic (exact) mass is 309 g/mol. The molecule has 2 rings (SSSR count). The van der Waals surface area contributed by atoms with Gasteiger partial charge in [0, 0.05) is 17.6 Å². The highest BCUT2D eigenvalue weighted by Gasteiger charge is 2.26. The van der Waals surface area contributed by atoms with Gasteiger partial charge in [-0.1, -0.05) is 38.3 Å². The smallest absolute Gasteiger partial charge is 0.337 e. The van der Waals surface area contributed by atoms with Crippen LogP contribution in [0.1, 0.15) is 56.3 Å². The standard InChI is InChI=1S/C17H24ClNO2/c1-12(2)9-10-19(14-5-3-4-6-14)16-8-7-13(18)11-15(16)17(20)21/h7-8,11-12,14H,3-6,9-10H2,1-2H3,(H,20,21). The van der Waals surface area contributed by atoms with Crippen molar-refractivity contribution in [3.63, 3.8) is 0 Å². The second kappa shape index (κ2) is 7.17. The summed E-state index contributed by atoms with van der Waals surface area (Å²) in [5.74, 6) is -0.297. The van der Waals surface area contributed by atoms with Crippen molar-refractivity contribution in [3.8, 4) is 0 Å². The molecule has 1 aromatic carbocycles. The molecule has 0 bridgehead atoms. The van der Waals surface area contributed by atoms with Crippen LogP contribution in [0.2, 0.25) is 5.02 Å². The SMILES string of the molecule is CC(C)CCN(c1ccc(Cl)cc1C(=O)O)C1CCCC1. The highest BCUT2D eigenvalue weighted by atomic mass is 35.5. The van der Waals surface area contributed by atoms with Gasteiger partial charge in [-0.05, 0) is 43.4 Å². The van der Waals surface area contributed by atoms with Crippen molar-refractivity contribution < 1.29 is 9.90 Å². The Labute approximate surface area is 131 Å². The fourth-order valence-electron chi connectivity index (χ4n) is 3.04. The first kappa shape index (κ1) is 16.2. The van der Waals surface area contributed by atoms with Crippen LogP contribution in [0.4, 0.5) is 5.69 Å². The van der Waals surface area contributed by atoms with Crippen molar-refractivity contribution in [1.82, 2.24) is 0 Å². The number of halogens is 1. The number of nitrogens with zero attached hydrogens (tertiary/aromatic N) is 1. The highest BCUT2D eigenvalue weighted by molar-refractivity contribution is 6.31. The zero-order valence-corrected chi connectivity index (χ0v) is 13.6. The molecule has 0 atom stereocenters. The molecule has 0 saturated heterocycles. The Morgan fingerprint density at radius 3 is 2.62 bits per heavy atom. The maximum absolute atomic E-state index is 11.5. The van der Waals surface area contributed by atoms with Crippen LogP contribution in [-0.4, -0.2) is 23.7 Å². The molecule has 1 aliphatic rings. The van der Waals surface area contributed by atoms with Crippen LogP contribution in [0.3, 0.4) is 0 Å². The van der Waals surface area contributed by atoms with Crippen LogP contribution in [0.5, 0.6) is 0 Å². The van der Waals surface area contributed by atoms with E-state index in [1.165, 1.54) is 12.8 Å². The molecule has 0 aliphatic heterocycles. The number of hydrogen-bond acceptors (Lipinski definition) is 2. The largest absolute Gasteiger partial charge is 0.478 e. The molecule has 1 aromatic rings. The minimum Gasteiger partial charge on any atom is -0.478 e. The second-order valence-electron chi connectivity index (χ2n) is 6.28. The van der Waals surface area contributed by atoms with Gasteiger partial charge in [-0.15, -0.1) is 0 Å². The maximum Gasteiger partial charge on any atom is 0.337 e. The molecule has 116 valence electrons. The fourth-order valence-corrected chi connectivity index (χ4v) is 3.22. The van der Waals surface area contributed by atoms with E-state index in [-0.39, 0.29) is 0 Å². The predicted octanol–water partition coefficient (Wildman–Crippen LogP) is 4.83. The Morgan fingerprint density at radius 2 is 2.05 bits per heavy atom. The van der Waals surface area contributed by atoms with Crippen molar-refractivity contribution in [2.75, 3.05) is 11.4 Å². The average Bonchev–Trinajstić information content (AvgIpc) is 2.93. The van der Waals surface area contributed by atoms with Gasteiger partial charge in [0.1, 0.15) is 0 Å². The van der Waals surface area contributed by atoms with E-state index in [2.05, 4.69) is 18.7 Å². The van der Waals surface area contributed by atoms with Gasteiger partial charge >= 0.3 is 5.97 Å². The molecule has 0 amide bonds. The molecule has 0 aromatic heterocycles. The van der Waals surface area contributed by atoms with E-state index < -0.39 is 5.97 Å². The van der Waals surface area contributed by atoms with E-state index in [1.807, 2.05) is 6.07 Å². The summed E-state index contributed by atoms with van der Waals surface area (Å²) in [4.78, 5) is 13.8. The van der Waals surface area contributed by atoms with Crippen molar-refractivity contribution in [3.05, 3.63) is 28.8 Å². The lowest BCUT2D eigenvalue weighted by Gasteiger charge is -2.33. The number of benzene rings is 1. The molecule has 21 heavy (non-hydrogen) atoms. The van der Waals surface area contributed by atoms with E-state index in [1.54, 1.807) is 12.1 Å². The second-order valence-corrected chi connectivity index (χ2v) is 6.72. The highest BCUT2D eigenvalue weighted by Crippen LogP contribution is 2.32. The third-order valence-corrected chi connectivity index (χ3v) is 4.45. The molecular weight excluding hydrogens is 286 g/mol. The zero-order chi connectivity index (χ0) is 15.4. The van der Waals surface area contributed by atoms with Crippen LogP contribution >= 0.6 is 11.6 Å². The van der Waals surface area contributed by atoms with Crippen molar-refractivity contribution in [2.24, 2.45) is 5.92 Å². The van der Waals surface area contributed by atoms with Gasteiger partial charge in [-0.2, -0.15) is 0 Å². The van der Waals surface area contributed by atoms with E-state index in [0.717, 1.165) is 31.5 Å². The first-order valence-corrected chi connectivity index (χ1v) is 8.16. The summed E-state index contributed by atoms with van der Waals surface area (Å²) in [6.45, 7) is 5.31. The molecule has 4 heteroatoms. The lowest BCUT2D eigenvalue weighted by Crippen LogP contribution is -2.35. The molecule has 1 aliphatic carbocycles. The van der Waals surface area contributed by atoms with E-state index in [9.17, 15) is 9.90 Å². The molecule has 0 unspecified atom stereocenters. The number of aromatic carboxylic acids is 1. The quantitative estimate of drug-likeness (QED) is 0.818. The van der Waals surface area contributed by atoms with Crippen molar-refractivity contribution in [2.45, 2.75) is 52.0 Å². The fraction of sp³-hybridized carbons (Fsp3) is 0.588. The molecule has 1 fully saturated rings. The summed E-state index contributed by atoms with van der Waals surface area (Å²) in [5.41, 5.74) is 1.14. The molecule has 0 radical (unpaired) electrons. The van der Waals surface area contributed by atoms with Gasteiger partial charge < -0.3 is 10.0 Å². The summed E-state index contributed by atoms with van der Waals surface area (Å²) in [6, 6.07) is 5.68. The molecule has 1 N–H and O–H groups in total. The number of anilines is 1. The summed E-state index contributed by atoms with van der Waals surface area (Å²) in [7, 11) is 0. The maximum atomic E-state index is 11.5. The number of rotatable bonds is 6. The minimum absolute atomic E-state index is 0.318. The van der Waals surface area contributed by atoms with Gasteiger partial charge in [0.05, 0.1) is 11.3 Å². The summed E-state index contributed by atoms with van der Waals surface area (Å²) >= 11 is 5.97. The normalized spacial score (nSPS) is 15.6. The number of carbonyl (C=O) groups is 1. The number of carboxylic acids is 1. The van der Waals surface area contributed by atoms with Crippen LogP contribution in [0, 0.1) is 5.92 Å². The van der Waals surface area contributed by atoms with Crippen molar-refractivity contribution in [1.29, 1.82) is 0 Å². The molecule has 3 nitrogen and oxygen atoms in total. The molecule has 1 saturated carbocycles. The van der Waals surface area contributed by atoms with Gasteiger partial charge in [0.15, 0.2) is 0 Å². The lowest BCUT2D eigenvalue weighted by molar-refractivity contribution is 0.0697. The van der Waals surface area contributed by atoms with Gasteiger partial charge in [-0.3, -0.25) is 0 Å². The topological polar surface area (TPSA) is 40.5 Å². The zero-order valence-electron chi connectivity index (χ0n) is 12.8. The molecule has 0 spiro atoms.